The number of hydrogen-bond acceptors (Lipinski definition) is 5. The zero-order valence-electron chi connectivity index (χ0n) is 13.2. The van der Waals surface area contributed by atoms with Crippen LogP contribution in [-0.4, -0.2) is 27.9 Å². The highest BCUT2D eigenvalue weighted by molar-refractivity contribution is 8.00. The average molecular weight is 329 g/mol. The second-order valence-corrected chi connectivity index (χ2v) is 6.45. The van der Waals surface area contributed by atoms with Gasteiger partial charge in [-0.3, -0.25) is 4.79 Å². The van der Waals surface area contributed by atoms with Crippen LogP contribution in [-0.2, 0) is 11.2 Å². The van der Waals surface area contributed by atoms with Gasteiger partial charge in [-0.1, -0.05) is 54.9 Å². The third kappa shape index (κ3) is 5.15. The Bertz CT molecular complexity index is 679. The number of benzene rings is 1. The minimum Gasteiger partial charge on any atom is -0.416 e. The summed E-state index contributed by atoms with van der Waals surface area (Å²) in [6.45, 7) is 4.10. The Balaban J connectivity index is 1.90. The van der Waals surface area contributed by atoms with Crippen LogP contribution < -0.4 is 5.32 Å². The predicted molar refractivity (Wildman–Crippen MR) is 90.0 cm³/mol. The maximum absolute atomic E-state index is 11.8. The van der Waals surface area contributed by atoms with E-state index in [4.69, 9.17) is 10.8 Å². The molecule has 2 rings (SSSR count). The Hall–Kier alpha value is -2.26. The van der Waals surface area contributed by atoms with Gasteiger partial charge in [-0.05, 0) is 18.4 Å². The van der Waals surface area contributed by atoms with Gasteiger partial charge >= 0.3 is 0 Å². The minimum atomic E-state index is -0.344. The van der Waals surface area contributed by atoms with Crippen LogP contribution >= 0.6 is 11.8 Å². The Morgan fingerprint density at radius 1 is 1.35 bits per heavy atom. The number of carbonyl (C=O) groups excluding carboxylic acids is 1. The van der Waals surface area contributed by atoms with E-state index < -0.39 is 0 Å². The number of hydrogen-bond donors (Lipinski definition) is 1. The fourth-order valence-electron chi connectivity index (χ4n) is 2.02. The van der Waals surface area contributed by atoms with Gasteiger partial charge in [0.05, 0.1) is 11.8 Å². The van der Waals surface area contributed by atoms with E-state index >= 15 is 0 Å². The zero-order chi connectivity index (χ0) is 16.7. The van der Waals surface area contributed by atoms with Crippen LogP contribution in [0.5, 0.6) is 0 Å². The Kier molecular flexibility index (Phi) is 6.24. The van der Waals surface area contributed by atoms with Gasteiger partial charge in [-0.25, -0.2) is 0 Å². The summed E-state index contributed by atoms with van der Waals surface area (Å²) in [6.07, 6.45) is 5.78. The van der Waals surface area contributed by atoms with Crippen LogP contribution in [0.15, 0.2) is 40.0 Å². The third-order valence-electron chi connectivity index (χ3n) is 3.31. The monoisotopic (exact) mass is 329 g/mol. The molecule has 0 aliphatic rings. The Morgan fingerprint density at radius 2 is 2.09 bits per heavy atom. The van der Waals surface area contributed by atoms with Crippen LogP contribution in [0, 0.1) is 12.3 Å². The lowest BCUT2D eigenvalue weighted by Gasteiger charge is -2.08. The van der Waals surface area contributed by atoms with Gasteiger partial charge in [0.15, 0.2) is 0 Å². The topological polar surface area (TPSA) is 68.0 Å². The van der Waals surface area contributed by atoms with Crippen molar-refractivity contribution in [3.8, 4) is 12.3 Å². The van der Waals surface area contributed by atoms with Crippen molar-refractivity contribution < 1.29 is 9.21 Å². The summed E-state index contributed by atoms with van der Waals surface area (Å²) in [5, 5.41) is 10.7. The molecule has 2 aromatic rings. The van der Waals surface area contributed by atoms with E-state index in [2.05, 4.69) is 40.5 Å². The second kappa shape index (κ2) is 8.39. The maximum Gasteiger partial charge on any atom is 0.277 e. The van der Waals surface area contributed by atoms with Crippen molar-refractivity contribution in [2.45, 2.75) is 36.7 Å². The third-order valence-corrected chi connectivity index (χ3v) is 4.24. The van der Waals surface area contributed by atoms with Gasteiger partial charge in [0.2, 0.25) is 11.8 Å². The molecule has 0 saturated carbocycles. The van der Waals surface area contributed by atoms with Crippen molar-refractivity contribution in [2.75, 3.05) is 6.54 Å². The fraction of sp³-hybridized carbons (Fsp3) is 0.353. The maximum atomic E-state index is 11.8. The molecule has 6 heteroatoms. The molecule has 0 aliphatic heterocycles. The van der Waals surface area contributed by atoms with E-state index in [0.717, 1.165) is 0 Å². The molecular weight excluding hydrogens is 310 g/mol. The molecule has 1 aromatic carbocycles. The summed E-state index contributed by atoms with van der Waals surface area (Å²) in [7, 11) is 0. The molecule has 1 amide bonds. The van der Waals surface area contributed by atoms with Gasteiger partial charge in [0, 0.05) is 6.42 Å². The number of nitrogens with zero attached hydrogens (tertiary/aromatic N) is 2. The van der Waals surface area contributed by atoms with Crippen LogP contribution in [0.25, 0.3) is 0 Å². The lowest BCUT2D eigenvalue weighted by molar-refractivity contribution is -0.120. The molecule has 0 radical (unpaired) electrons. The van der Waals surface area contributed by atoms with Crippen molar-refractivity contribution in [3.63, 3.8) is 0 Å². The second-order valence-electron chi connectivity index (χ2n) is 5.16. The van der Waals surface area contributed by atoms with Crippen molar-refractivity contribution in [1.29, 1.82) is 0 Å². The number of terminal acetylenes is 1. The zero-order valence-corrected chi connectivity index (χ0v) is 14.0. The van der Waals surface area contributed by atoms with Crippen LogP contribution in [0.2, 0.25) is 0 Å². The molecule has 2 unspecified atom stereocenters. The lowest BCUT2D eigenvalue weighted by atomic mass is 9.98. The lowest BCUT2D eigenvalue weighted by Crippen LogP contribution is -2.31. The first-order chi connectivity index (χ1) is 11.1. The Labute approximate surface area is 140 Å². The van der Waals surface area contributed by atoms with Crippen LogP contribution in [0.3, 0.4) is 0 Å². The van der Waals surface area contributed by atoms with Gasteiger partial charge in [-0.2, -0.15) is 0 Å². The molecule has 0 aliphatic carbocycles. The predicted octanol–water partition coefficient (Wildman–Crippen LogP) is 2.65. The molecular formula is C17H19N3O2S. The Morgan fingerprint density at radius 3 is 2.78 bits per heavy atom. The molecule has 23 heavy (non-hydrogen) atoms. The highest BCUT2D eigenvalue weighted by Crippen LogP contribution is 2.24. The molecule has 120 valence electrons. The molecule has 5 nitrogen and oxygen atoms in total. The quantitative estimate of drug-likeness (QED) is 0.625. The van der Waals surface area contributed by atoms with E-state index in [1.54, 1.807) is 6.92 Å². The van der Waals surface area contributed by atoms with Crippen LogP contribution in [0.4, 0.5) is 0 Å². The summed E-state index contributed by atoms with van der Waals surface area (Å²) >= 11 is 1.22. The minimum absolute atomic E-state index is 0.148. The summed E-state index contributed by atoms with van der Waals surface area (Å²) in [5.41, 5.74) is 1.22. The SMILES string of the molecule is C#CCNC(=O)C(C)Sc1nnc(CC(C)c2ccccc2)o1. The molecule has 0 saturated heterocycles. The van der Waals surface area contributed by atoms with E-state index in [-0.39, 0.29) is 23.6 Å². The number of aromatic nitrogens is 2. The molecule has 1 aromatic heterocycles. The number of nitrogens with one attached hydrogen (secondary N) is 1. The number of thioether (sulfide) groups is 1. The van der Waals surface area contributed by atoms with E-state index in [1.807, 2.05) is 18.2 Å². The first-order valence-electron chi connectivity index (χ1n) is 7.35. The number of amides is 1. The standard InChI is InChI=1S/C17H19N3O2S/c1-4-10-18-16(21)13(3)23-17-20-19-15(22-17)11-12(2)14-8-6-5-7-9-14/h1,5-9,12-13H,10-11H2,2-3H3,(H,18,21). The molecule has 1 N–H and O–H groups in total. The molecule has 0 bridgehead atoms. The van der Waals surface area contributed by atoms with Crippen molar-refractivity contribution in [3.05, 3.63) is 41.8 Å². The summed E-state index contributed by atoms with van der Waals surface area (Å²) in [4.78, 5) is 11.8. The smallest absolute Gasteiger partial charge is 0.277 e. The van der Waals surface area contributed by atoms with Crippen molar-refractivity contribution in [2.24, 2.45) is 0 Å². The van der Waals surface area contributed by atoms with Gasteiger partial charge in [-0.15, -0.1) is 16.6 Å². The highest BCUT2D eigenvalue weighted by Gasteiger charge is 2.18. The average Bonchev–Trinajstić information content (AvgIpc) is 3.00. The van der Waals surface area contributed by atoms with Gasteiger partial charge in [0.1, 0.15) is 0 Å². The normalized spacial score (nSPS) is 13.1. The first kappa shape index (κ1) is 17.1. The van der Waals surface area contributed by atoms with Gasteiger partial charge < -0.3 is 9.73 Å². The highest BCUT2D eigenvalue weighted by atomic mass is 32.2. The van der Waals surface area contributed by atoms with E-state index in [0.29, 0.717) is 17.5 Å². The summed E-state index contributed by atoms with van der Waals surface area (Å²) < 4.78 is 5.62. The fourth-order valence-corrected chi connectivity index (χ4v) is 2.74. The molecule has 2 atom stereocenters. The van der Waals surface area contributed by atoms with E-state index in [1.165, 1.54) is 17.3 Å². The molecule has 1 heterocycles. The molecule has 0 spiro atoms. The van der Waals surface area contributed by atoms with Crippen molar-refractivity contribution in [1.82, 2.24) is 15.5 Å². The molecule has 0 fully saturated rings. The van der Waals surface area contributed by atoms with Gasteiger partial charge in [0.25, 0.3) is 5.22 Å². The van der Waals surface area contributed by atoms with Crippen molar-refractivity contribution >= 4 is 17.7 Å². The van der Waals surface area contributed by atoms with E-state index in [9.17, 15) is 4.79 Å². The largest absolute Gasteiger partial charge is 0.416 e. The summed E-state index contributed by atoms with van der Waals surface area (Å²) in [6, 6.07) is 10.2. The van der Waals surface area contributed by atoms with Crippen LogP contribution in [0.1, 0.15) is 31.2 Å². The number of carbonyl (C=O) groups is 1. The first-order valence-corrected chi connectivity index (χ1v) is 8.23. The number of rotatable bonds is 7. The summed E-state index contributed by atoms with van der Waals surface area (Å²) in [5.74, 6) is 3.07.